The molecule has 1 fully saturated rings. The van der Waals surface area contributed by atoms with E-state index in [4.69, 9.17) is 4.74 Å². The summed E-state index contributed by atoms with van der Waals surface area (Å²) in [4.78, 5) is 57.5. The van der Waals surface area contributed by atoms with Crippen LogP contribution in [-0.4, -0.2) is 78.8 Å². The zero-order valence-electron chi connectivity index (χ0n) is 24.4. The number of ether oxygens (including phenoxy) is 1. The number of aliphatic hydroxyl groups is 4. The molecule has 0 saturated carbocycles. The van der Waals surface area contributed by atoms with Crippen molar-refractivity contribution in [2.45, 2.75) is 118 Å². The Morgan fingerprint density at radius 1 is 0.789 bits per heavy atom. The maximum Gasteiger partial charge on any atom is 0.268 e. The predicted molar refractivity (Wildman–Crippen MR) is 137 cm³/mol. The van der Waals surface area contributed by atoms with E-state index in [1.165, 1.54) is 83.1 Å². The van der Waals surface area contributed by atoms with Crippen LogP contribution in [0.4, 0.5) is 0 Å². The fourth-order valence-electron chi connectivity index (χ4n) is 4.48. The molecule has 0 aromatic rings. The van der Waals surface area contributed by atoms with Gasteiger partial charge in [-0.25, -0.2) is 0 Å². The lowest BCUT2D eigenvalue weighted by Crippen LogP contribution is -2.77. The van der Waals surface area contributed by atoms with Crippen molar-refractivity contribution >= 4 is 23.1 Å². The molecule has 0 radical (unpaired) electrons. The molecule has 216 valence electrons. The molecule has 0 aromatic heterocycles. The third kappa shape index (κ3) is 5.17. The molecule has 0 amide bonds. The van der Waals surface area contributed by atoms with Crippen LogP contribution >= 0.6 is 0 Å². The van der Waals surface area contributed by atoms with Gasteiger partial charge in [-0.3, -0.25) is 19.2 Å². The van der Waals surface area contributed by atoms with Gasteiger partial charge in [0.2, 0.25) is 11.4 Å². The van der Waals surface area contributed by atoms with Gasteiger partial charge in [0.25, 0.3) is 5.79 Å². The van der Waals surface area contributed by atoms with Crippen LogP contribution in [0, 0.1) is 21.7 Å². The highest BCUT2D eigenvalue weighted by atomic mass is 16.7. The summed E-state index contributed by atoms with van der Waals surface area (Å²) in [5.74, 6) is -8.68. The second-order valence-electron chi connectivity index (χ2n) is 14.2. The van der Waals surface area contributed by atoms with Gasteiger partial charge in [-0.1, -0.05) is 88.2 Å². The zero-order chi connectivity index (χ0) is 30.7. The summed E-state index contributed by atoms with van der Waals surface area (Å²) in [5, 5.41) is 50.2. The number of Topliss-reactive ketones (excluding diaryl/α,β-unsaturated/α-hetero) is 4. The van der Waals surface area contributed by atoms with Crippen LogP contribution in [0.25, 0.3) is 10.4 Å². The van der Waals surface area contributed by atoms with Gasteiger partial charge in [0.1, 0.15) is 18.2 Å². The molecular formula is C26H43N3O9. The molecule has 1 saturated heterocycles. The summed E-state index contributed by atoms with van der Waals surface area (Å²) < 4.78 is 5.57. The molecule has 1 aliphatic rings. The normalized spacial score (nSPS) is 30.3. The minimum Gasteiger partial charge on any atom is -0.385 e. The molecular weight excluding hydrogens is 498 g/mol. The summed E-state index contributed by atoms with van der Waals surface area (Å²) >= 11 is 0. The molecule has 0 aliphatic carbocycles. The van der Waals surface area contributed by atoms with Crippen molar-refractivity contribution < 1.29 is 44.3 Å². The van der Waals surface area contributed by atoms with Gasteiger partial charge >= 0.3 is 0 Å². The Kier molecular flexibility index (Phi) is 8.69. The molecule has 1 rings (SSSR count). The van der Waals surface area contributed by atoms with E-state index in [-0.39, 0.29) is 0 Å². The Hall–Kier alpha value is -2.21. The predicted octanol–water partition coefficient (Wildman–Crippen LogP) is 2.04. The van der Waals surface area contributed by atoms with E-state index in [9.17, 15) is 45.1 Å². The van der Waals surface area contributed by atoms with Crippen molar-refractivity contribution in [2.24, 2.45) is 26.8 Å². The van der Waals surface area contributed by atoms with Crippen LogP contribution in [0.3, 0.4) is 0 Å². The molecule has 0 aromatic carbocycles. The largest absolute Gasteiger partial charge is 0.385 e. The Balaban J connectivity index is 4.35. The van der Waals surface area contributed by atoms with Gasteiger partial charge in [0.05, 0.1) is 0 Å². The number of carbonyl (C=O) groups excluding carboxylic acids is 4. The lowest BCUT2D eigenvalue weighted by molar-refractivity contribution is -0.258. The monoisotopic (exact) mass is 541 g/mol. The highest BCUT2D eigenvalue weighted by Gasteiger charge is 2.84. The zero-order valence-corrected chi connectivity index (χ0v) is 24.4. The molecule has 0 bridgehead atoms. The average molecular weight is 542 g/mol. The van der Waals surface area contributed by atoms with Gasteiger partial charge in [0.15, 0.2) is 23.0 Å². The van der Waals surface area contributed by atoms with E-state index in [1.54, 1.807) is 0 Å². The van der Waals surface area contributed by atoms with Crippen molar-refractivity contribution in [1.29, 1.82) is 0 Å². The fraction of sp³-hybridized carbons (Fsp3) is 0.846. The lowest BCUT2D eigenvalue weighted by atomic mass is 9.59. The molecule has 6 atom stereocenters. The molecule has 38 heavy (non-hydrogen) atoms. The minimum absolute atomic E-state index is 1.12. The third-order valence-corrected chi connectivity index (χ3v) is 6.62. The van der Waals surface area contributed by atoms with Gasteiger partial charge in [-0.15, -0.1) is 0 Å². The van der Waals surface area contributed by atoms with Gasteiger partial charge in [-0.2, -0.15) is 0 Å². The van der Waals surface area contributed by atoms with Crippen molar-refractivity contribution in [3.63, 3.8) is 0 Å². The van der Waals surface area contributed by atoms with Gasteiger partial charge in [-0.05, 0) is 10.9 Å². The van der Waals surface area contributed by atoms with Crippen molar-refractivity contribution in [1.82, 2.24) is 0 Å². The second kappa shape index (κ2) is 9.76. The maximum absolute atomic E-state index is 13.9. The van der Waals surface area contributed by atoms with E-state index >= 15 is 0 Å². The fourth-order valence-corrected chi connectivity index (χ4v) is 4.48. The first-order valence-electron chi connectivity index (χ1n) is 12.3. The van der Waals surface area contributed by atoms with Crippen molar-refractivity contribution in [3.05, 3.63) is 10.4 Å². The number of ketones is 4. The molecule has 12 heteroatoms. The van der Waals surface area contributed by atoms with Crippen LogP contribution in [0.5, 0.6) is 0 Å². The number of aliphatic hydroxyl groups excluding tert-OH is 1. The van der Waals surface area contributed by atoms with Crippen molar-refractivity contribution in [3.8, 4) is 0 Å². The summed E-state index contributed by atoms with van der Waals surface area (Å²) in [6.07, 6.45) is -4.28. The number of carbonyl (C=O) groups is 4. The molecule has 1 heterocycles. The Labute approximate surface area is 223 Å². The molecule has 1 aliphatic heterocycles. The lowest BCUT2D eigenvalue weighted by Gasteiger charge is -2.46. The topological polar surface area (TPSA) is 207 Å². The van der Waals surface area contributed by atoms with E-state index in [0.29, 0.717) is 0 Å². The number of nitrogens with zero attached hydrogens (tertiary/aromatic N) is 3. The Bertz CT molecular complexity index is 1050. The summed E-state index contributed by atoms with van der Waals surface area (Å²) in [7, 11) is 0. The summed E-state index contributed by atoms with van der Waals surface area (Å²) in [6.45, 7) is 16.5. The Morgan fingerprint density at radius 2 is 1.18 bits per heavy atom. The van der Waals surface area contributed by atoms with E-state index in [0.717, 1.165) is 0 Å². The number of hydrogen-bond donors (Lipinski definition) is 4. The first kappa shape index (κ1) is 33.8. The van der Waals surface area contributed by atoms with Crippen molar-refractivity contribution in [2.75, 3.05) is 0 Å². The number of azide groups is 1. The first-order valence-corrected chi connectivity index (χ1v) is 12.3. The number of rotatable bonds is 7. The molecule has 12 nitrogen and oxygen atoms in total. The highest BCUT2D eigenvalue weighted by Crippen LogP contribution is 2.54. The van der Waals surface area contributed by atoms with Crippen LogP contribution in [0.1, 0.15) is 83.1 Å². The summed E-state index contributed by atoms with van der Waals surface area (Å²) in [5.41, 5.74) is -3.63. The quantitative estimate of drug-likeness (QED) is 0.211. The average Bonchev–Trinajstić information content (AvgIpc) is 2.92. The maximum atomic E-state index is 13.9. The molecule has 1 unspecified atom stereocenters. The first-order chi connectivity index (χ1) is 16.6. The standard InChI is InChI=1S/C26H43N3O9/c1-20(2,3)15(31)14(30)13(28-29-27)16-24(35,17(32)21(4,5)6)25(36,18(33)22(7,8)9)26(37,38-16)19(34)23(10,11)12/h13,15-16,31,35-37H,1-12H3/t13-,15?,16+,24-,25-,26+/m0/s1. The smallest absolute Gasteiger partial charge is 0.268 e. The SMILES string of the molecule is CC(C)(C)C(=O)[C@]1(O)[C@@](O)(C(=O)C(C)(C)C)[C@@H]([C@@H](N=[N+]=[N-])C(=O)C(O)C(C)(C)C)O[C@]1(O)C(=O)C(C)(C)C. The highest BCUT2D eigenvalue weighted by molar-refractivity contribution is 6.10. The van der Waals surface area contributed by atoms with Crippen LogP contribution in [0.15, 0.2) is 5.11 Å². The second-order valence-corrected chi connectivity index (χ2v) is 14.2. The van der Waals surface area contributed by atoms with E-state index < -0.39 is 80.0 Å². The Morgan fingerprint density at radius 3 is 1.50 bits per heavy atom. The van der Waals surface area contributed by atoms with Crippen LogP contribution < -0.4 is 0 Å². The van der Waals surface area contributed by atoms with Gasteiger partial charge in [0, 0.05) is 21.2 Å². The summed E-state index contributed by atoms with van der Waals surface area (Å²) in [6, 6.07) is -2.24. The molecule has 4 N–H and O–H groups in total. The van der Waals surface area contributed by atoms with Crippen LogP contribution in [0.2, 0.25) is 0 Å². The number of hydrogen-bond acceptors (Lipinski definition) is 10. The van der Waals surface area contributed by atoms with E-state index in [2.05, 4.69) is 10.0 Å². The molecule has 0 spiro atoms. The minimum atomic E-state index is -3.66. The third-order valence-electron chi connectivity index (χ3n) is 6.62. The van der Waals surface area contributed by atoms with E-state index in [1.807, 2.05) is 0 Å². The van der Waals surface area contributed by atoms with Gasteiger partial charge < -0.3 is 25.2 Å². The van der Waals surface area contributed by atoms with Crippen LogP contribution in [-0.2, 0) is 23.9 Å².